The summed E-state index contributed by atoms with van der Waals surface area (Å²) in [5.74, 6) is 0.991. The quantitative estimate of drug-likeness (QED) is 0.865. The van der Waals surface area contributed by atoms with Gasteiger partial charge < -0.3 is 10.5 Å². The number of rotatable bonds is 3. The summed E-state index contributed by atoms with van der Waals surface area (Å²) in [7, 11) is -2.84. The summed E-state index contributed by atoms with van der Waals surface area (Å²) in [5, 5.41) is 0. The highest BCUT2D eigenvalue weighted by molar-refractivity contribution is 7.92. The molecule has 92 valence electrons. The Labute approximate surface area is 101 Å². The molecule has 2 N–H and O–H groups in total. The second-order valence-electron chi connectivity index (χ2n) is 4.97. The van der Waals surface area contributed by atoms with Crippen LogP contribution >= 0.6 is 0 Å². The Kier molecular flexibility index (Phi) is 2.25. The Morgan fingerprint density at radius 3 is 2.47 bits per heavy atom. The maximum Gasteiger partial charge on any atom is 0.157 e. The van der Waals surface area contributed by atoms with E-state index < -0.39 is 9.84 Å². The van der Waals surface area contributed by atoms with Crippen molar-refractivity contribution in [2.75, 3.05) is 11.5 Å². The Morgan fingerprint density at radius 2 is 1.88 bits per heavy atom. The molecule has 0 unspecified atom stereocenters. The van der Waals surface area contributed by atoms with Gasteiger partial charge in [-0.2, -0.15) is 0 Å². The van der Waals surface area contributed by atoms with Gasteiger partial charge in [-0.15, -0.1) is 0 Å². The molecule has 0 bridgehead atoms. The molecule has 2 fully saturated rings. The lowest BCUT2D eigenvalue weighted by molar-refractivity contribution is 0.226. The van der Waals surface area contributed by atoms with Gasteiger partial charge in [0.15, 0.2) is 9.84 Å². The van der Waals surface area contributed by atoms with Gasteiger partial charge in [0.05, 0.1) is 11.5 Å². The summed E-state index contributed by atoms with van der Waals surface area (Å²) in [5.41, 5.74) is 6.91. The minimum atomic E-state index is -2.84. The molecule has 0 aromatic heterocycles. The first-order chi connectivity index (χ1) is 7.99. The zero-order valence-corrected chi connectivity index (χ0v) is 10.2. The Bertz CT molecular complexity index is 537. The van der Waals surface area contributed by atoms with Gasteiger partial charge in [0, 0.05) is 11.1 Å². The molecule has 1 heterocycles. The van der Waals surface area contributed by atoms with E-state index in [1.165, 1.54) is 0 Å². The fourth-order valence-corrected chi connectivity index (χ4v) is 3.32. The molecule has 4 nitrogen and oxygen atoms in total. The minimum Gasteiger partial charge on any atom is -0.488 e. The fraction of sp³-hybridized carbons (Fsp3) is 0.500. The van der Waals surface area contributed by atoms with Crippen molar-refractivity contribution >= 4 is 9.84 Å². The maximum atomic E-state index is 11.1. The Balaban J connectivity index is 1.79. The number of benzene rings is 1. The average Bonchev–Trinajstić information content (AvgIpc) is 2.96. The number of ether oxygens (including phenoxy) is 1. The molecule has 1 aromatic rings. The lowest BCUT2D eigenvalue weighted by Gasteiger charge is -2.28. The number of para-hydroxylation sites is 1. The van der Waals surface area contributed by atoms with E-state index in [1.54, 1.807) is 0 Å². The molecule has 3 rings (SSSR count). The van der Waals surface area contributed by atoms with E-state index in [0.717, 1.165) is 24.2 Å². The van der Waals surface area contributed by atoms with E-state index >= 15 is 0 Å². The average molecular weight is 253 g/mol. The van der Waals surface area contributed by atoms with Gasteiger partial charge >= 0.3 is 0 Å². The highest BCUT2D eigenvalue weighted by Crippen LogP contribution is 2.46. The van der Waals surface area contributed by atoms with Crippen molar-refractivity contribution in [2.45, 2.75) is 24.5 Å². The maximum absolute atomic E-state index is 11.1. The third kappa shape index (κ3) is 2.05. The van der Waals surface area contributed by atoms with Gasteiger partial charge in [0.2, 0.25) is 0 Å². The van der Waals surface area contributed by atoms with Gasteiger partial charge in [-0.05, 0) is 18.9 Å². The van der Waals surface area contributed by atoms with Gasteiger partial charge in [0.1, 0.15) is 11.9 Å². The lowest BCUT2D eigenvalue weighted by atomic mass is 10.0. The van der Waals surface area contributed by atoms with Crippen molar-refractivity contribution in [3.05, 3.63) is 29.8 Å². The molecule has 1 saturated carbocycles. The van der Waals surface area contributed by atoms with Gasteiger partial charge in [-0.1, -0.05) is 18.2 Å². The van der Waals surface area contributed by atoms with Crippen molar-refractivity contribution in [3.8, 4) is 5.75 Å². The summed E-state index contributed by atoms with van der Waals surface area (Å²) < 4.78 is 27.9. The van der Waals surface area contributed by atoms with Crippen LogP contribution in [0.1, 0.15) is 18.4 Å². The van der Waals surface area contributed by atoms with Crippen LogP contribution in [0.5, 0.6) is 5.75 Å². The summed E-state index contributed by atoms with van der Waals surface area (Å²) in [6, 6.07) is 7.66. The zero-order chi connectivity index (χ0) is 12.1. The molecule has 1 aliphatic heterocycles. The van der Waals surface area contributed by atoms with E-state index in [2.05, 4.69) is 0 Å². The van der Waals surface area contributed by atoms with Gasteiger partial charge in [-0.3, -0.25) is 0 Å². The third-order valence-electron chi connectivity index (χ3n) is 3.39. The van der Waals surface area contributed by atoms with Gasteiger partial charge in [0.25, 0.3) is 0 Å². The standard InChI is InChI=1S/C12H15NO3S/c13-12(5-6-12)10-3-1-2-4-11(10)16-9-7-17(14,15)8-9/h1-4,9H,5-8,13H2. The molecule has 0 amide bonds. The second kappa shape index (κ2) is 3.46. The number of hydrogen-bond donors (Lipinski definition) is 1. The molecule has 1 saturated heterocycles. The minimum absolute atomic E-state index is 0.124. The van der Waals surface area contributed by atoms with Crippen LogP contribution in [0.25, 0.3) is 0 Å². The molecule has 0 atom stereocenters. The molecule has 0 spiro atoms. The highest BCUT2D eigenvalue weighted by Gasteiger charge is 2.43. The largest absolute Gasteiger partial charge is 0.488 e. The van der Waals surface area contributed by atoms with Crippen LogP contribution in [0, 0.1) is 0 Å². The molecule has 5 heteroatoms. The summed E-state index contributed by atoms with van der Waals surface area (Å²) >= 11 is 0. The first kappa shape index (κ1) is 11.0. The van der Waals surface area contributed by atoms with Crippen molar-refractivity contribution in [3.63, 3.8) is 0 Å². The SMILES string of the molecule is NC1(c2ccccc2OC2CS(=O)(=O)C2)CC1. The predicted molar refractivity (Wildman–Crippen MR) is 64.6 cm³/mol. The van der Waals surface area contributed by atoms with Crippen LogP contribution in [-0.4, -0.2) is 26.0 Å². The van der Waals surface area contributed by atoms with Crippen molar-refractivity contribution in [2.24, 2.45) is 5.73 Å². The number of nitrogens with two attached hydrogens (primary N) is 1. The first-order valence-corrected chi connectivity index (χ1v) is 7.56. The van der Waals surface area contributed by atoms with Crippen LogP contribution in [-0.2, 0) is 15.4 Å². The first-order valence-electron chi connectivity index (χ1n) is 5.74. The summed E-state index contributed by atoms with van der Waals surface area (Å²) in [6.45, 7) is 0. The molecule has 0 radical (unpaired) electrons. The monoisotopic (exact) mass is 253 g/mol. The third-order valence-corrected chi connectivity index (χ3v) is 5.14. The van der Waals surface area contributed by atoms with E-state index in [9.17, 15) is 8.42 Å². The van der Waals surface area contributed by atoms with Crippen molar-refractivity contribution < 1.29 is 13.2 Å². The van der Waals surface area contributed by atoms with Crippen LogP contribution < -0.4 is 10.5 Å². The van der Waals surface area contributed by atoms with Crippen molar-refractivity contribution in [1.82, 2.24) is 0 Å². The lowest BCUT2D eigenvalue weighted by Crippen LogP contribution is -2.45. The van der Waals surface area contributed by atoms with E-state index in [-0.39, 0.29) is 23.1 Å². The van der Waals surface area contributed by atoms with Crippen molar-refractivity contribution in [1.29, 1.82) is 0 Å². The second-order valence-corrected chi connectivity index (χ2v) is 7.12. The normalized spacial score (nSPS) is 25.0. The topological polar surface area (TPSA) is 69.4 Å². The number of sulfone groups is 1. The smallest absolute Gasteiger partial charge is 0.157 e. The van der Waals surface area contributed by atoms with Crippen LogP contribution in [0.3, 0.4) is 0 Å². The van der Waals surface area contributed by atoms with Crippen LogP contribution in [0.15, 0.2) is 24.3 Å². The van der Waals surface area contributed by atoms with E-state index in [1.807, 2.05) is 24.3 Å². The molecule has 17 heavy (non-hydrogen) atoms. The molecule has 1 aromatic carbocycles. The zero-order valence-electron chi connectivity index (χ0n) is 9.43. The Hall–Kier alpha value is -1.07. The Morgan fingerprint density at radius 1 is 1.24 bits per heavy atom. The summed E-state index contributed by atoms with van der Waals surface area (Å²) in [6.07, 6.45) is 1.73. The molecular formula is C12H15NO3S. The van der Waals surface area contributed by atoms with E-state index in [0.29, 0.717) is 0 Å². The van der Waals surface area contributed by atoms with E-state index in [4.69, 9.17) is 10.5 Å². The predicted octanol–water partition coefficient (Wildman–Crippen LogP) is 0.810. The summed E-state index contributed by atoms with van der Waals surface area (Å²) in [4.78, 5) is 0. The van der Waals surface area contributed by atoms with Crippen LogP contribution in [0.2, 0.25) is 0 Å². The van der Waals surface area contributed by atoms with Gasteiger partial charge in [-0.25, -0.2) is 8.42 Å². The fourth-order valence-electron chi connectivity index (χ4n) is 2.15. The molecule has 2 aliphatic rings. The molecule has 1 aliphatic carbocycles. The number of hydrogen-bond acceptors (Lipinski definition) is 4. The molecular weight excluding hydrogens is 238 g/mol. The van der Waals surface area contributed by atoms with Crippen LogP contribution in [0.4, 0.5) is 0 Å². The highest BCUT2D eigenvalue weighted by atomic mass is 32.2.